The van der Waals surface area contributed by atoms with Gasteiger partial charge in [0.15, 0.2) is 0 Å². The van der Waals surface area contributed by atoms with Gasteiger partial charge in [0, 0.05) is 45.1 Å². The summed E-state index contributed by atoms with van der Waals surface area (Å²) in [6.45, 7) is 11.2. The molecule has 0 atom stereocenters. The number of anilines is 1. The van der Waals surface area contributed by atoms with E-state index in [4.69, 9.17) is 0 Å². The average Bonchev–Trinajstić information content (AvgIpc) is 2.47. The largest absolute Gasteiger partial charge is 0.355 e. The van der Waals surface area contributed by atoms with Crippen molar-refractivity contribution < 1.29 is 4.79 Å². The van der Waals surface area contributed by atoms with E-state index in [0.717, 1.165) is 45.1 Å². The Hall–Kier alpha value is -1.69. The maximum atomic E-state index is 12.0. The number of piperazine rings is 1. The van der Waals surface area contributed by atoms with Gasteiger partial charge in [-0.3, -0.25) is 9.69 Å². The first kappa shape index (κ1) is 16.7. The molecule has 2 heterocycles. The Morgan fingerprint density at radius 2 is 1.82 bits per heavy atom. The summed E-state index contributed by atoms with van der Waals surface area (Å²) in [5.41, 5.74) is 0.259. The van der Waals surface area contributed by atoms with Crippen LogP contribution in [0.2, 0.25) is 0 Å². The Morgan fingerprint density at radius 3 is 2.41 bits per heavy atom. The van der Waals surface area contributed by atoms with E-state index < -0.39 is 0 Å². The van der Waals surface area contributed by atoms with Crippen LogP contribution >= 0.6 is 0 Å². The maximum Gasteiger partial charge on any atom is 0.234 e. The van der Waals surface area contributed by atoms with E-state index in [1.54, 1.807) is 12.4 Å². The first-order chi connectivity index (χ1) is 10.4. The van der Waals surface area contributed by atoms with Gasteiger partial charge >= 0.3 is 0 Å². The Morgan fingerprint density at radius 1 is 1.18 bits per heavy atom. The van der Waals surface area contributed by atoms with Crippen LogP contribution in [0, 0.1) is 5.41 Å². The van der Waals surface area contributed by atoms with Crippen molar-refractivity contribution in [2.24, 2.45) is 5.41 Å². The normalized spacial score (nSPS) is 16.6. The molecule has 1 saturated heterocycles. The Labute approximate surface area is 132 Å². The number of rotatable bonds is 5. The Balaban J connectivity index is 1.68. The third kappa shape index (κ3) is 5.60. The first-order valence-corrected chi connectivity index (χ1v) is 7.95. The van der Waals surface area contributed by atoms with Crippen molar-refractivity contribution in [3.63, 3.8) is 0 Å². The molecular formula is C16H27N5O. The van der Waals surface area contributed by atoms with Crippen molar-refractivity contribution >= 4 is 11.9 Å². The number of nitrogens with one attached hydrogen (secondary N) is 1. The lowest BCUT2D eigenvalue weighted by atomic mass is 9.92. The zero-order chi connectivity index (χ0) is 16.0. The summed E-state index contributed by atoms with van der Waals surface area (Å²) in [6.07, 6.45) is 4.52. The third-order valence-corrected chi connectivity index (χ3v) is 3.77. The standard InChI is InChI=1S/C16H27N5O/c1-16(2,3)5-8-17-14(22)13-20-9-11-21(12-10-20)15-18-6-4-7-19-15/h4,6-7H,5,8-13H2,1-3H3,(H,17,22). The second-order valence-electron chi connectivity index (χ2n) is 6.97. The lowest BCUT2D eigenvalue weighted by Gasteiger charge is -2.34. The molecule has 6 heteroatoms. The van der Waals surface area contributed by atoms with E-state index in [-0.39, 0.29) is 11.3 Å². The van der Waals surface area contributed by atoms with Crippen LogP contribution in [0.5, 0.6) is 0 Å². The van der Waals surface area contributed by atoms with Crippen LogP contribution in [0.1, 0.15) is 27.2 Å². The zero-order valence-electron chi connectivity index (χ0n) is 13.9. The van der Waals surface area contributed by atoms with Crippen molar-refractivity contribution in [3.8, 4) is 0 Å². The second kappa shape index (κ2) is 7.54. The minimum absolute atomic E-state index is 0.119. The lowest BCUT2D eigenvalue weighted by molar-refractivity contribution is -0.122. The van der Waals surface area contributed by atoms with Crippen LogP contribution in [0.4, 0.5) is 5.95 Å². The van der Waals surface area contributed by atoms with Gasteiger partial charge in [0.05, 0.1) is 6.54 Å². The molecule has 1 aromatic rings. The molecule has 1 aliphatic heterocycles. The number of hydrogen-bond donors (Lipinski definition) is 1. The van der Waals surface area contributed by atoms with Gasteiger partial charge in [-0.25, -0.2) is 9.97 Å². The van der Waals surface area contributed by atoms with Crippen molar-refractivity contribution in [1.82, 2.24) is 20.2 Å². The van der Waals surface area contributed by atoms with Gasteiger partial charge < -0.3 is 10.2 Å². The summed E-state index contributed by atoms with van der Waals surface area (Å²) in [6, 6.07) is 1.82. The molecule has 0 aliphatic carbocycles. The zero-order valence-corrected chi connectivity index (χ0v) is 13.9. The molecule has 1 N–H and O–H groups in total. The molecule has 6 nitrogen and oxygen atoms in total. The summed E-state index contributed by atoms with van der Waals surface area (Å²) < 4.78 is 0. The molecule has 1 fully saturated rings. The van der Waals surface area contributed by atoms with Crippen LogP contribution in [0.3, 0.4) is 0 Å². The van der Waals surface area contributed by atoms with E-state index in [1.807, 2.05) is 6.07 Å². The predicted octanol–water partition coefficient (Wildman–Crippen LogP) is 1.15. The van der Waals surface area contributed by atoms with Gasteiger partial charge in [-0.15, -0.1) is 0 Å². The van der Waals surface area contributed by atoms with E-state index >= 15 is 0 Å². The fourth-order valence-electron chi connectivity index (χ4n) is 2.40. The monoisotopic (exact) mass is 305 g/mol. The number of hydrogen-bond acceptors (Lipinski definition) is 5. The van der Waals surface area contributed by atoms with Crippen molar-refractivity contribution in [2.45, 2.75) is 27.2 Å². The number of aromatic nitrogens is 2. The van der Waals surface area contributed by atoms with Gasteiger partial charge in [0.1, 0.15) is 0 Å². The Kier molecular flexibility index (Phi) is 5.71. The molecular weight excluding hydrogens is 278 g/mol. The molecule has 122 valence electrons. The van der Waals surface area contributed by atoms with Gasteiger partial charge in [-0.05, 0) is 17.9 Å². The minimum Gasteiger partial charge on any atom is -0.355 e. The minimum atomic E-state index is 0.119. The van der Waals surface area contributed by atoms with Crippen LogP contribution < -0.4 is 10.2 Å². The highest BCUT2D eigenvalue weighted by Crippen LogP contribution is 2.16. The molecule has 0 bridgehead atoms. The van der Waals surface area contributed by atoms with Gasteiger partial charge in [0.2, 0.25) is 11.9 Å². The molecule has 1 amide bonds. The summed E-state index contributed by atoms with van der Waals surface area (Å²) in [5.74, 6) is 0.894. The highest BCUT2D eigenvalue weighted by atomic mass is 16.2. The van der Waals surface area contributed by atoms with E-state index in [1.165, 1.54) is 0 Å². The first-order valence-electron chi connectivity index (χ1n) is 7.95. The van der Waals surface area contributed by atoms with Crippen molar-refractivity contribution in [3.05, 3.63) is 18.5 Å². The quantitative estimate of drug-likeness (QED) is 0.884. The summed E-state index contributed by atoms with van der Waals surface area (Å²) >= 11 is 0. The molecule has 0 unspecified atom stereocenters. The maximum absolute atomic E-state index is 12.0. The smallest absolute Gasteiger partial charge is 0.234 e. The number of amides is 1. The van der Waals surface area contributed by atoms with Crippen LogP contribution in [-0.4, -0.2) is 60.0 Å². The lowest BCUT2D eigenvalue weighted by Crippen LogP contribution is -2.50. The fourth-order valence-corrected chi connectivity index (χ4v) is 2.40. The number of nitrogens with zero attached hydrogens (tertiary/aromatic N) is 4. The highest BCUT2D eigenvalue weighted by molar-refractivity contribution is 5.78. The van der Waals surface area contributed by atoms with Crippen LogP contribution in [0.25, 0.3) is 0 Å². The average molecular weight is 305 g/mol. The van der Waals surface area contributed by atoms with Crippen LogP contribution in [0.15, 0.2) is 18.5 Å². The van der Waals surface area contributed by atoms with Crippen molar-refractivity contribution in [1.29, 1.82) is 0 Å². The molecule has 22 heavy (non-hydrogen) atoms. The van der Waals surface area contributed by atoms with Gasteiger partial charge in [-0.1, -0.05) is 20.8 Å². The molecule has 0 radical (unpaired) electrons. The SMILES string of the molecule is CC(C)(C)CCNC(=O)CN1CCN(c2ncccn2)CC1. The molecule has 1 aliphatic rings. The van der Waals surface area contributed by atoms with E-state index in [0.29, 0.717) is 6.54 Å². The second-order valence-corrected chi connectivity index (χ2v) is 6.97. The fraction of sp³-hybridized carbons (Fsp3) is 0.688. The van der Waals surface area contributed by atoms with E-state index in [9.17, 15) is 4.79 Å². The summed E-state index contributed by atoms with van der Waals surface area (Å²) in [4.78, 5) is 24.8. The topological polar surface area (TPSA) is 61.4 Å². The highest BCUT2D eigenvalue weighted by Gasteiger charge is 2.20. The summed E-state index contributed by atoms with van der Waals surface area (Å²) in [5, 5.41) is 3.01. The Bertz CT molecular complexity index is 463. The molecule has 0 saturated carbocycles. The van der Waals surface area contributed by atoms with Gasteiger partial charge in [0.25, 0.3) is 0 Å². The third-order valence-electron chi connectivity index (χ3n) is 3.77. The van der Waals surface area contributed by atoms with Crippen LogP contribution in [-0.2, 0) is 4.79 Å². The number of carbonyl (C=O) groups is 1. The molecule has 0 aromatic carbocycles. The van der Waals surface area contributed by atoms with Gasteiger partial charge in [-0.2, -0.15) is 0 Å². The molecule has 2 rings (SSSR count). The molecule has 1 aromatic heterocycles. The predicted molar refractivity (Wildman–Crippen MR) is 87.8 cm³/mol. The number of carbonyl (C=O) groups excluding carboxylic acids is 1. The molecule has 0 spiro atoms. The summed E-state index contributed by atoms with van der Waals surface area (Å²) in [7, 11) is 0. The van der Waals surface area contributed by atoms with Crippen molar-refractivity contribution in [2.75, 3.05) is 44.2 Å². The van der Waals surface area contributed by atoms with E-state index in [2.05, 4.69) is 45.9 Å².